The number of Topliss-reactive ketones (excluding diaryl/α,β-unsaturated/α-hetero) is 1. The number of methoxy groups -OCH3 is 2. The van der Waals surface area contributed by atoms with Gasteiger partial charge in [0, 0.05) is 6.07 Å². The van der Waals surface area contributed by atoms with Crippen LogP contribution in [-0.4, -0.2) is 36.1 Å². The van der Waals surface area contributed by atoms with E-state index in [4.69, 9.17) is 13.9 Å². The predicted molar refractivity (Wildman–Crippen MR) is 121 cm³/mol. The molecule has 0 aliphatic carbocycles. The van der Waals surface area contributed by atoms with Crippen LogP contribution in [0.3, 0.4) is 0 Å². The number of rotatable bonds is 5. The van der Waals surface area contributed by atoms with E-state index in [0.717, 1.165) is 10.5 Å². The molecule has 8 nitrogen and oxygen atoms in total. The summed E-state index contributed by atoms with van der Waals surface area (Å²) in [5, 5.41) is 21.8. The lowest BCUT2D eigenvalue weighted by Crippen LogP contribution is -2.29. The van der Waals surface area contributed by atoms with E-state index in [1.54, 1.807) is 50.2 Å². The number of ketones is 1. The quantitative estimate of drug-likeness (QED) is 0.340. The van der Waals surface area contributed by atoms with Gasteiger partial charge in [-0.1, -0.05) is 6.07 Å². The summed E-state index contributed by atoms with van der Waals surface area (Å²) >= 11 is 0. The number of furan rings is 1. The van der Waals surface area contributed by atoms with Gasteiger partial charge >= 0.3 is 0 Å². The molecule has 0 bridgehead atoms. The molecule has 1 unspecified atom stereocenters. The number of hydrogen-bond donors (Lipinski definition) is 2. The van der Waals surface area contributed by atoms with Crippen molar-refractivity contribution < 1.29 is 33.7 Å². The van der Waals surface area contributed by atoms with Crippen molar-refractivity contribution in [1.29, 1.82) is 0 Å². The Balaban J connectivity index is 1.98. The smallest absolute Gasteiger partial charge is 0.300 e. The highest BCUT2D eigenvalue weighted by molar-refractivity contribution is 6.51. The van der Waals surface area contributed by atoms with Crippen molar-refractivity contribution in [3.63, 3.8) is 0 Å². The standard InChI is InChI=1S/C25H23NO7/c1-13-5-9-18(27)17(11-13)26-22(19-10-6-14(2)33-19)21(24(29)25(26)30)23(28)16-8-7-15(31-3)12-20(16)32-4/h5-12,22,27-28H,1-4H3/b23-21-. The number of anilines is 1. The summed E-state index contributed by atoms with van der Waals surface area (Å²) in [5.74, 6) is -0.848. The number of aromatic hydroxyl groups is 1. The first-order valence-corrected chi connectivity index (χ1v) is 10.2. The Morgan fingerprint density at radius 3 is 2.39 bits per heavy atom. The molecule has 1 atom stereocenters. The summed E-state index contributed by atoms with van der Waals surface area (Å²) in [6, 6.07) is 11.6. The van der Waals surface area contributed by atoms with Crippen molar-refractivity contribution in [2.75, 3.05) is 19.1 Å². The first-order valence-electron chi connectivity index (χ1n) is 10.2. The van der Waals surface area contributed by atoms with E-state index in [-0.39, 0.29) is 34.1 Å². The molecule has 1 saturated heterocycles. The fourth-order valence-electron chi connectivity index (χ4n) is 3.92. The molecule has 8 heteroatoms. The van der Waals surface area contributed by atoms with Crippen LogP contribution in [0, 0.1) is 13.8 Å². The van der Waals surface area contributed by atoms with E-state index in [2.05, 4.69) is 0 Å². The minimum Gasteiger partial charge on any atom is -0.507 e. The van der Waals surface area contributed by atoms with Gasteiger partial charge in [0.2, 0.25) is 0 Å². The first kappa shape index (κ1) is 22.0. The molecule has 0 radical (unpaired) electrons. The molecule has 4 rings (SSSR count). The van der Waals surface area contributed by atoms with Gasteiger partial charge in [0.05, 0.1) is 31.0 Å². The Bertz CT molecular complexity index is 1290. The number of hydrogen-bond acceptors (Lipinski definition) is 7. The zero-order chi connectivity index (χ0) is 23.9. The number of nitrogens with zero attached hydrogens (tertiary/aromatic N) is 1. The monoisotopic (exact) mass is 449 g/mol. The molecule has 3 aromatic rings. The number of aliphatic hydroxyl groups excluding tert-OH is 1. The molecular formula is C25H23NO7. The van der Waals surface area contributed by atoms with Crippen LogP contribution in [0.5, 0.6) is 17.2 Å². The summed E-state index contributed by atoms with van der Waals surface area (Å²) in [7, 11) is 2.91. The zero-order valence-corrected chi connectivity index (χ0v) is 18.6. The van der Waals surface area contributed by atoms with Gasteiger partial charge in [-0.25, -0.2) is 0 Å². The van der Waals surface area contributed by atoms with Crippen molar-refractivity contribution in [2.45, 2.75) is 19.9 Å². The normalized spacial score (nSPS) is 17.5. The molecule has 1 aliphatic heterocycles. The predicted octanol–water partition coefficient (Wildman–Crippen LogP) is 4.25. The van der Waals surface area contributed by atoms with E-state index < -0.39 is 23.5 Å². The molecule has 1 aliphatic rings. The van der Waals surface area contributed by atoms with E-state index in [1.165, 1.54) is 26.4 Å². The second kappa shape index (κ2) is 8.38. The van der Waals surface area contributed by atoms with Gasteiger partial charge in [0.25, 0.3) is 11.7 Å². The third-order valence-electron chi connectivity index (χ3n) is 5.53. The number of carbonyl (C=O) groups is 2. The van der Waals surface area contributed by atoms with E-state index in [9.17, 15) is 19.8 Å². The van der Waals surface area contributed by atoms with Crippen molar-refractivity contribution in [1.82, 2.24) is 0 Å². The lowest BCUT2D eigenvalue weighted by molar-refractivity contribution is -0.132. The molecule has 33 heavy (non-hydrogen) atoms. The molecule has 1 amide bonds. The molecule has 2 N–H and O–H groups in total. The van der Waals surface area contributed by atoms with Crippen LogP contribution in [0.2, 0.25) is 0 Å². The molecule has 2 heterocycles. The van der Waals surface area contributed by atoms with Gasteiger partial charge < -0.3 is 24.1 Å². The summed E-state index contributed by atoms with van der Waals surface area (Å²) in [6.45, 7) is 3.53. The summed E-state index contributed by atoms with van der Waals surface area (Å²) in [4.78, 5) is 27.5. The number of aliphatic hydroxyl groups is 1. The highest BCUT2D eigenvalue weighted by Crippen LogP contribution is 2.46. The second-order valence-corrected chi connectivity index (χ2v) is 7.68. The molecule has 0 saturated carbocycles. The number of ether oxygens (including phenoxy) is 2. The van der Waals surface area contributed by atoms with Crippen molar-refractivity contribution >= 4 is 23.1 Å². The number of phenolic OH excluding ortho intramolecular Hbond substituents is 1. The van der Waals surface area contributed by atoms with Crippen LogP contribution in [0.15, 0.2) is 58.5 Å². The highest BCUT2D eigenvalue weighted by Gasteiger charge is 2.49. The molecule has 2 aromatic carbocycles. The average Bonchev–Trinajstić information content (AvgIpc) is 3.35. The van der Waals surface area contributed by atoms with Gasteiger partial charge in [-0.05, 0) is 55.8 Å². The van der Waals surface area contributed by atoms with E-state index in [0.29, 0.717) is 11.5 Å². The lowest BCUT2D eigenvalue weighted by atomic mass is 9.98. The minimum absolute atomic E-state index is 0.136. The maximum atomic E-state index is 13.2. The number of aryl methyl sites for hydroxylation is 2. The number of carbonyl (C=O) groups excluding carboxylic acids is 2. The fraction of sp³-hybridized carbons (Fsp3) is 0.200. The highest BCUT2D eigenvalue weighted by atomic mass is 16.5. The average molecular weight is 449 g/mol. The summed E-state index contributed by atoms with van der Waals surface area (Å²) in [5.41, 5.74) is 0.935. The fourth-order valence-corrected chi connectivity index (χ4v) is 3.92. The van der Waals surface area contributed by atoms with E-state index in [1.807, 2.05) is 0 Å². The van der Waals surface area contributed by atoms with Crippen molar-refractivity contribution in [3.05, 3.63) is 76.8 Å². The molecule has 1 aromatic heterocycles. The molecule has 1 fully saturated rings. The number of amides is 1. The Labute approximate surface area is 190 Å². The van der Waals surface area contributed by atoms with Crippen LogP contribution in [0.25, 0.3) is 5.76 Å². The SMILES string of the molecule is COc1ccc(/C(O)=C2/C(=O)C(=O)N(c3cc(C)ccc3O)C2c2ccc(C)o2)c(OC)c1. The van der Waals surface area contributed by atoms with Crippen LogP contribution in [0.4, 0.5) is 5.69 Å². The zero-order valence-electron chi connectivity index (χ0n) is 18.6. The summed E-state index contributed by atoms with van der Waals surface area (Å²) < 4.78 is 16.3. The van der Waals surface area contributed by atoms with Gasteiger partial charge in [0.15, 0.2) is 0 Å². The number of phenols is 1. The van der Waals surface area contributed by atoms with Gasteiger partial charge in [0.1, 0.15) is 40.6 Å². The van der Waals surface area contributed by atoms with Crippen LogP contribution >= 0.6 is 0 Å². The summed E-state index contributed by atoms with van der Waals surface area (Å²) in [6.07, 6.45) is 0. The Kier molecular flexibility index (Phi) is 5.59. The topological polar surface area (TPSA) is 109 Å². The largest absolute Gasteiger partial charge is 0.507 e. The van der Waals surface area contributed by atoms with Crippen LogP contribution < -0.4 is 14.4 Å². The third-order valence-corrected chi connectivity index (χ3v) is 5.53. The van der Waals surface area contributed by atoms with Gasteiger partial charge in [-0.15, -0.1) is 0 Å². The second-order valence-electron chi connectivity index (χ2n) is 7.68. The molecule has 0 spiro atoms. The Morgan fingerprint density at radius 2 is 1.76 bits per heavy atom. The van der Waals surface area contributed by atoms with Crippen LogP contribution in [-0.2, 0) is 9.59 Å². The number of benzene rings is 2. The molecule has 170 valence electrons. The lowest BCUT2D eigenvalue weighted by Gasteiger charge is -2.24. The van der Waals surface area contributed by atoms with Crippen molar-refractivity contribution in [2.24, 2.45) is 0 Å². The molecular weight excluding hydrogens is 426 g/mol. The Hall–Kier alpha value is -4.20. The van der Waals surface area contributed by atoms with E-state index >= 15 is 0 Å². The van der Waals surface area contributed by atoms with Gasteiger partial charge in [-0.3, -0.25) is 14.5 Å². The maximum absolute atomic E-state index is 13.2. The maximum Gasteiger partial charge on any atom is 0.300 e. The minimum atomic E-state index is -1.10. The Morgan fingerprint density at radius 1 is 1.00 bits per heavy atom. The third kappa shape index (κ3) is 3.69. The van der Waals surface area contributed by atoms with Gasteiger partial charge in [-0.2, -0.15) is 0 Å². The van der Waals surface area contributed by atoms with Crippen molar-refractivity contribution in [3.8, 4) is 17.2 Å². The van der Waals surface area contributed by atoms with Crippen LogP contribution in [0.1, 0.15) is 28.7 Å². The first-order chi connectivity index (χ1) is 15.8.